The molecule has 0 saturated carbocycles. The number of hydrogen-bond acceptors (Lipinski definition) is 8. The van der Waals surface area contributed by atoms with Crippen molar-refractivity contribution < 1.29 is 29.3 Å². The Balaban J connectivity index is 1.42. The minimum atomic E-state index is -2.70. The van der Waals surface area contributed by atoms with Gasteiger partial charge in [0.15, 0.2) is 23.7 Å². The van der Waals surface area contributed by atoms with Gasteiger partial charge in [0, 0.05) is 25.9 Å². The SMILES string of the molecule is CC1CCCN(C(=O)O[C@H]2CN3C(=N)N[C@@H](CN4C(=O)CCC4=O)[C@@H]4NC(=N)N[C@@]43C2(O)O)C1. The van der Waals surface area contributed by atoms with Gasteiger partial charge in [0.25, 0.3) is 0 Å². The molecule has 5 saturated heterocycles. The minimum Gasteiger partial charge on any atom is -0.438 e. The Bertz CT molecular complexity index is 941. The Morgan fingerprint density at radius 1 is 1.18 bits per heavy atom. The number of likely N-dealkylation sites (tertiary alicyclic amines) is 2. The standard InChI is InChI=1S/C20H30N8O6/c1-10-3-2-6-26(7-10)18(31)34-12-9-28-17(22)23-11(8-27-13(29)4-5-14(27)30)15-19(28,20(12,32)33)25-16(21)24-15/h10-12,15,32-33H,2-9H2,1H3,(H2,22,23)(H3,21,24,25)/t10?,11-,12-,15-,19-/m0/s1. The summed E-state index contributed by atoms with van der Waals surface area (Å²) in [6, 6.07) is -1.75. The fraction of sp³-hybridized carbons (Fsp3) is 0.750. The van der Waals surface area contributed by atoms with Gasteiger partial charge in [-0.3, -0.25) is 25.3 Å². The van der Waals surface area contributed by atoms with E-state index in [1.54, 1.807) is 0 Å². The Hall–Kier alpha value is -3.13. The first-order valence-corrected chi connectivity index (χ1v) is 11.5. The molecule has 34 heavy (non-hydrogen) atoms. The highest BCUT2D eigenvalue weighted by Gasteiger charge is 2.75. The maximum absolute atomic E-state index is 12.8. The van der Waals surface area contributed by atoms with Gasteiger partial charge in [-0.15, -0.1) is 0 Å². The first kappa shape index (κ1) is 22.7. The van der Waals surface area contributed by atoms with Crippen LogP contribution in [0.3, 0.4) is 0 Å². The summed E-state index contributed by atoms with van der Waals surface area (Å²) < 4.78 is 5.56. The van der Waals surface area contributed by atoms with E-state index in [2.05, 4.69) is 16.0 Å². The van der Waals surface area contributed by atoms with Crippen LogP contribution in [-0.4, -0.2) is 111 Å². The lowest BCUT2D eigenvalue weighted by Gasteiger charge is -2.51. The van der Waals surface area contributed by atoms with Crippen molar-refractivity contribution in [2.45, 2.75) is 62.2 Å². The summed E-state index contributed by atoms with van der Waals surface area (Å²) in [6.45, 7) is 2.73. The number of amides is 3. The van der Waals surface area contributed by atoms with Crippen LogP contribution in [-0.2, 0) is 14.3 Å². The van der Waals surface area contributed by atoms with Crippen molar-refractivity contribution in [2.75, 3.05) is 26.2 Å². The van der Waals surface area contributed by atoms with Gasteiger partial charge in [0.1, 0.15) is 0 Å². The molecular weight excluding hydrogens is 448 g/mol. The second kappa shape index (κ2) is 7.70. The van der Waals surface area contributed by atoms with Crippen LogP contribution in [0.2, 0.25) is 0 Å². The molecule has 0 bridgehead atoms. The van der Waals surface area contributed by atoms with Crippen molar-refractivity contribution in [3.05, 3.63) is 0 Å². The zero-order chi connectivity index (χ0) is 24.4. The van der Waals surface area contributed by atoms with Crippen LogP contribution in [0.1, 0.15) is 32.6 Å². The highest BCUT2D eigenvalue weighted by Crippen LogP contribution is 2.44. The molecule has 186 valence electrons. The van der Waals surface area contributed by atoms with Crippen LogP contribution in [0.5, 0.6) is 0 Å². The number of aliphatic hydroxyl groups is 2. The number of nitrogens with one attached hydrogen (secondary N) is 5. The van der Waals surface area contributed by atoms with Gasteiger partial charge in [-0.05, 0) is 18.8 Å². The molecule has 0 aromatic rings. The van der Waals surface area contributed by atoms with E-state index < -0.39 is 35.7 Å². The molecule has 0 aromatic carbocycles. The zero-order valence-electron chi connectivity index (χ0n) is 18.8. The molecule has 5 atom stereocenters. The quantitative estimate of drug-likeness (QED) is 0.168. The number of carbonyl (C=O) groups excluding carboxylic acids is 3. The molecule has 1 spiro atoms. The van der Waals surface area contributed by atoms with E-state index in [4.69, 9.17) is 15.6 Å². The average molecular weight is 479 g/mol. The van der Waals surface area contributed by atoms with Gasteiger partial charge in [0.05, 0.1) is 25.2 Å². The van der Waals surface area contributed by atoms with Crippen molar-refractivity contribution in [3.8, 4) is 0 Å². The molecule has 5 fully saturated rings. The van der Waals surface area contributed by atoms with Crippen molar-refractivity contribution >= 4 is 29.8 Å². The third-order valence-corrected chi connectivity index (χ3v) is 7.54. The third-order valence-electron chi connectivity index (χ3n) is 7.54. The highest BCUT2D eigenvalue weighted by atomic mass is 16.6. The minimum absolute atomic E-state index is 0.101. The predicted octanol–water partition coefficient (Wildman–Crippen LogP) is -2.53. The lowest BCUT2D eigenvalue weighted by molar-refractivity contribution is -0.258. The Morgan fingerprint density at radius 3 is 2.56 bits per heavy atom. The van der Waals surface area contributed by atoms with Gasteiger partial charge in [-0.2, -0.15) is 0 Å². The molecule has 0 radical (unpaired) electrons. The number of imide groups is 1. The fourth-order valence-electron chi connectivity index (χ4n) is 5.84. The number of carbonyl (C=O) groups is 3. The van der Waals surface area contributed by atoms with Crippen molar-refractivity contribution in [3.63, 3.8) is 0 Å². The molecule has 5 heterocycles. The molecule has 3 amide bonds. The third kappa shape index (κ3) is 3.19. The predicted molar refractivity (Wildman–Crippen MR) is 115 cm³/mol. The average Bonchev–Trinajstić information content (AvgIpc) is 3.36. The van der Waals surface area contributed by atoms with E-state index in [0.29, 0.717) is 19.0 Å². The summed E-state index contributed by atoms with van der Waals surface area (Å²) in [5.41, 5.74) is -1.83. The van der Waals surface area contributed by atoms with E-state index in [-0.39, 0.29) is 49.7 Å². The molecule has 5 aliphatic rings. The summed E-state index contributed by atoms with van der Waals surface area (Å²) in [5.74, 6) is -3.51. The monoisotopic (exact) mass is 478 g/mol. The first-order chi connectivity index (χ1) is 16.0. The number of rotatable bonds is 3. The number of guanidine groups is 2. The van der Waals surface area contributed by atoms with Crippen LogP contribution < -0.4 is 16.0 Å². The van der Waals surface area contributed by atoms with Crippen molar-refractivity contribution in [1.82, 2.24) is 30.7 Å². The molecule has 1 unspecified atom stereocenters. The summed E-state index contributed by atoms with van der Waals surface area (Å²) >= 11 is 0. The molecule has 7 N–H and O–H groups in total. The maximum atomic E-state index is 12.8. The van der Waals surface area contributed by atoms with E-state index in [9.17, 15) is 24.6 Å². The van der Waals surface area contributed by atoms with Crippen LogP contribution >= 0.6 is 0 Å². The Morgan fingerprint density at radius 2 is 1.88 bits per heavy atom. The smallest absolute Gasteiger partial charge is 0.410 e. The van der Waals surface area contributed by atoms with Gasteiger partial charge in [0.2, 0.25) is 17.6 Å². The second-order valence-electron chi connectivity index (χ2n) is 9.79. The molecule has 5 aliphatic heterocycles. The maximum Gasteiger partial charge on any atom is 0.410 e. The molecule has 14 heteroatoms. The largest absolute Gasteiger partial charge is 0.438 e. The Kier molecular flexibility index (Phi) is 5.13. The number of ether oxygens (including phenoxy) is 1. The van der Waals surface area contributed by atoms with Crippen molar-refractivity contribution in [1.29, 1.82) is 10.8 Å². The normalized spacial score (nSPS) is 36.6. The highest BCUT2D eigenvalue weighted by molar-refractivity contribution is 6.02. The first-order valence-electron chi connectivity index (χ1n) is 11.5. The molecular formula is C20H30N8O6. The van der Waals surface area contributed by atoms with E-state index in [1.807, 2.05) is 6.92 Å². The molecule has 0 aliphatic carbocycles. The zero-order valence-corrected chi connectivity index (χ0v) is 18.8. The van der Waals surface area contributed by atoms with Crippen LogP contribution in [0.25, 0.3) is 0 Å². The van der Waals surface area contributed by atoms with E-state index in [1.165, 1.54) is 9.80 Å². The van der Waals surface area contributed by atoms with Gasteiger partial charge < -0.3 is 40.7 Å². The number of piperidine rings is 1. The van der Waals surface area contributed by atoms with Gasteiger partial charge >= 0.3 is 6.09 Å². The summed E-state index contributed by atoms with van der Waals surface area (Å²) in [6.07, 6.45) is -0.0554. The lowest BCUT2D eigenvalue weighted by atomic mass is 9.85. The van der Waals surface area contributed by atoms with E-state index >= 15 is 0 Å². The van der Waals surface area contributed by atoms with E-state index in [0.717, 1.165) is 17.7 Å². The molecule has 5 rings (SSSR count). The van der Waals surface area contributed by atoms with Crippen molar-refractivity contribution in [2.24, 2.45) is 5.92 Å². The van der Waals surface area contributed by atoms with Crippen LogP contribution in [0, 0.1) is 16.7 Å². The van der Waals surface area contributed by atoms with Gasteiger partial charge in [-0.1, -0.05) is 6.92 Å². The fourth-order valence-corrected chi connectivity index (χ4v) is 5.84. The topological polar surface area (TPSA) is 194 Å². The van der Waals surface area contributed by atoms with Gasteiger partial charge in [-0.25, -0.2) is 4.79 Å². The number of nitrogens with zero attached hydrogens (tertiary/aromatic N) is 3. The van der Waals surface area contributed by atoms with Crippen LogP contribution in [0.15, 0.2) is 0 Å². The lowest BCUT2D eigenvalue weighted by Crippen LogP contribution is -2.81. The molecule has 14 nitrogen and oxygen atoms in total. The summed E-state index contributed by atoms with van der Waals surface area (Å²) in [7, 11) is 0. The second-order valence-corrected chi connectivity index (χ2v) is 9.79. The summed E-state index contributed by atoms with van der Waals surface area (Å²) in [4.78, 5) is 41.1. The van der Waals surface area contributed by atoms with Crippen LogP contribution in [0.4, 0.5) is 4.79 Å². The molecule has 0 aromatic heterocycles. The Labute approximate surface area is 195 Å². The summed E-state index contributed by atoms with van der Waals surface area (Å²) in [5, 5.41) is 47.9. The number of hydrogen-bond donors (Lipinski definition) is 7.